The van der Waals surface area contributed by atoms with Crippen molar-refractivity contribution in [2.75, 3.05) is 13.1 Å². The average Bonchev–Trinajstić information content (AvgIpc) is 2.85. The molecule has 0 aromatic heterocycles. The van der Waals surface area contributed by atoms with E-state index in [0.29, 0.717) is 28.2 Å². The summed E-state index contributed by atoms with van der Waals surface area (Å²) in [4.78, 5) is 14.8. The third-order valence-electron chi connectivity index (χ3n) is 4.70. The first-order valence-electron chi connectivity index (χ1n) is 7.37. The van der Waals surface area contributed by atoms with Crippen molar-refractivity contribution in [3.05, 3.63) is 33.8 Å². The predicted molar refractivity (Wildman–Crippen MR) is 82.7 cm³/mol. The Labute approximate surface area is 130 Å². The highest BCUT2D eigenvalue weighted by Crippen LogP contribution is 2.36. The van der Waals surface area contributed by atoms with Gasteiger partial charge in [0.2, 0.25) is 0 Å². The molecule has 1 heterocycles. The third-order valence-corrected chi connectivity index (χ3v) is 5.27. The van der Waals surface area contributed by atoms with E-state index in [2.05, 4.69) is 4.90 Å². The number of hydrogen-bond donors (Lipinski definition) is 0. The SMILES string of the molecule is O=C(CN1CCC2CCCCC21)c1cc(Cl)ccc1Cl. The largest absolute Gasteiger partial charge is 0.293 e. The van der Waals surface area contributed by atoms with Crippen molar-refractivity contribution < 1.29 is 4.79 Å². The number of Topliss-reactive ketones (excluding diaryl/α,β-unsaturated/α-hetero) is 1. The minimum absolute atomic E-state index is 0.0868. The second kappa shape index (κ2) is 6.05. The van der Waals surface area contributed by atoms with Gasteiger partial charge in [-0.25, -0.2) is 0 Å². The monoisotopic (exact) mass is 311 g/mol. The Morgan fingerprint density at radius 3 is 2.85 bits per heavy atom. The molecule has 1 saturated carbocycles. The van der Waals surface area contributed by atoms with Crippen LogP contribution in [0.3, 0.4) is 0 Å². The molecular formula is C16H19Cl2NO. The second-order valence-corrected chi connectivity index (χ2v) is 6.76. The summed E-state index contributed by atoms with van der Waals surface area (Å²) in [6.45, 7) is 1.51. The van der Waals surface area contributed by atoms with Gasteiger partial charge in [-0.3, -0.25) is 9.69 Å². The molecule has 1 aromatic rings. The molecule has 20 heavy (non-hydrogen) atoms. The van der Waals surface area contributed by atoms with Crippen molar-refractivity contribution in [1.29, 1.82) is 0 Å². The first-order valence-corrected chi connectivity index (χ1v) is 8.13. The molecule has 0 bridgehead atoms. The van der Waals surface area contributed by atoms with E-state index in [0.717, 1.165) is 12.5 Å². The Kier molecular flexibility index (Phi) is 4.34. The second-order valence-electron chi connectivity index (χ2n) is 5.92. The van der Waals surface area contributed by atoms with Crippen molar-refractivity contribution in [3.8, 4) is 0 Å². The summed E-state index contributed by atoms with van der Waals surface area (Å²) in [6.07, 6.45) is 6.45. The van der Waals surface area contributed by atoms with Gasteiger partial charge in [-0.1, -0.05) is 36.0 Å². The van der Waals surface area contributed by atoms with Crippen LogP contribution < -0.4 is 0 Å². The maximum atomic E-state index is 12.5. The van der Waals surface area contributed by atoms with Gasteiger partial charge < -0.3 is 0 Å². The third kappa shape index (κ3) is 2.88. The highest BCUT2D eigenvalue weighted by molar-refractivity contribution is 6.36. The summed E-state index contributed by atoms with van der Waals surface area (Å²) in [6, 6.07) is 5.70. The predicted octanol–water partition coefficient (Wildman–Crippen LogP) is 4.44. The molecular weight excluding hydrogens is 293 g/mol. The Morgan fingerprint density at radius 1 is 1.20 bits per heavy atom. The zero-order valence-electron chi connectivity index (χ0n) is 11.4. The molecule has 0 amide bonds. The first kappa shape index (κ1) is 14.4. The van der Waals surface area contributed by atoms with Gasteiger partial charge in [0.25, 0.3) is 0 Å². The Bertz CT molecular complexity index is 517. The van der Waals surface area contributed by atoms with Crippen molar-refractivity contribution in [2.45, 2.75) is 38.1 Å². The lowest BCUT2D eigenvalue weighted by Gasteiger charge is -2.31. The minimum atomic E-state index is 0.0868. The zero-order valence-corrected chi connectivity index (χ0v) is 13.0. The lowest BCUT2D eigenvalue weighted by atomic mass is 9.85. The van der Waals surface area contributed by atoms with Gasteiger partial charge in [0.15, 0.2) is 5.78 Å². The molecule has 1 aliphatic heterocycles. The maximum Gasteiger partial charge on any atom is 0.178 e. The van der Waals surface area contributed by atoms with Crippen LogP contribution in [-0.4, -0.2) is 29.8 Å². The van der Waals surface area contributed by atoms with Crippen molar-refractivity contribution in [3.63, 3.8) is 0 Å². The van der Waals surface area contributed by atoms with Crippen LogP contribution in [0.25, 0.3) is 0 Å². The van der Waals surface area contributed by atoms with E-state index >= 15 is 0 Å². The van der Waals surface area contributed by atoms with Gasteiger partial charge in [0.05, 0.1) is 11.6 Å². The summed E-state index contributed by atoms with van der Waals surface area (Å²) in [5.41, 5.74) is 0.554. The van der Waals surface area contributed by atoms with Crippen LogP contribution in [0.2, 0.25) is 10.0 Å². The molecule has 4 heteroatoms. The van der Waals surface area contributed by atoms with Crippen LogP contribution in [0.15, 0.2) is 18.2 Å². The fourth-order valence-electron chi connectivity index (χ4n) is 3.68. The van der Waals surface area contributed by atoms with Gasteiger partial charge in [0.1, 0.15) is 0 Å². The lowest BCUT2D eigenvalue weighted by Crippen LogP contribution is -2.38. The fourth-order valence-corrected chi connectivity index (χ4v) is 4.08. The number of nitrogens with zero attached hydrogens (tertiary/aromatic N) is 1. The summed E-state index contributed by atoms with van der Waals surface area (Å²) in [5.74, 6) is 0.884. The van der Waals surface area contributed by atoms with Crippen LogP contribution in [0.1, 0.15) is 42.5 Å². The van der Waals surface area contributed by atoms with Crippen molar-refractivity contribution in [1.82, 2.24) is 4.90 Å². The molecule has 2 nitrogen and oxygen atoms in total. The summed E-state index contributed by atoms with van der Waals surface area (Å²) < 4.78 is 0. The molecule has 3 rings (SSSR count). The van der Waals surface area contributed by atoms with E-state index < -0.39 is 0 Å². The maximum absolute atomic E-state index is 12.5. The van der Waals surface area contributed by atoms with E-state index in [-0.39, 0.29) is 5.78 Å². The number of fused-ring (bicyclic) bond motifs is 1. The van der Waals surface area contributed by atoms with E-state index in [1.807, 2.05) is 0 Å². The molecule has 0 radical (unpaired) electrons. The highest BCUT2D eigenvalue weighted by atomic mass is 35.5. The lowest BCUT2D eigenvalue weighted by molar-refractivity contribution is 0.0896. The topological polar surface area (TPSA) is 20.3 Å². The van der Waals surface area contributed by atoms with Crippen LogP contribution in [-0.2, 0) is 0 Å². The van der Waals surface area contributed by atoms with Gasteiger partial charge in [-0.2, -0.15) is 0 Å². The summed E-state index contributed by atoms with van der Waals surface area (Å²) in [7, 11) is 0. The summed E-state index contributed by atoms with van der Waals surface area (Å²) in [5, 5.41) is 1.06. The molecule has 1 aromatic carbocycles. The molecule has 1 aliphatic carbocycles. The molecule has 0 spiro atoms. The van der Waals surface area contributed by atoms with Gasteiger partial charge in [0, 0.05) is 16.6 Å². The number of ketones is 1. The molecule has 2 aliphatic rings. The smallest absolute Gasteiger partial charge is 0.178 e. The normalized spacial score (nSPS) is 26.5. The molecule has 108 valence electrons. The number of carbonyl (C=O) groups is 1. The highest BCUT2D eigenvalue weighted by Gasteiger charge is 2.36. The number of carbonyl (C=O) groups excluding carboxylic acids is 1. The summed E-state index contributed by atoms with van der Waals surface area (Å²) >= 11 is 12.1. The van der Waals surface area contributed by atoms with Crippen molar-refractivity contribution >= 4 is 29.0 Å². The average molecular weight is 312 g/mol. The number of halogens is 2. The van der Waals surface area contributed by atoms with Crippen molar-refractivity contribution in [2.24, 2.45) is 5.92 Å². The van der Waals surface area contributed by atoms with Crippen LogP contribution in [0.4, 0.5) is 0 Å². The number of benzene rings is 1. The van der Waals surface area contributed by atoms with E-state index in [1.165, 1.54) is 32.1 Å². The zero-order chi connectivity index (χ0) is 14.1. The molecule has 2 unspecified atom stereocenters. The van der Waals surface area contributed by atoms with E-state index in [4.69, 9.17) is 23.2 Å². The Hall–Kier alpha value is -0.570. The van der Waals surface area contributed by atoms with Gasteiger partial charge in [-0.15, -0.1) is 0 Å². The number of likely N-dealkylation sites (tertiary alicyclic amines) is 1. The number of rotatable bonds is 3. The number of hydrogen-bond acceptors (Lipinski definition) is 2. The van der Waals surface area contributed by atoms with Crippen LogP contribution in [0, 0.1) is 5.92 Å². The minimum Gasteiger partial charge on any atom is -0.293 e. The quantitative estimate of drug-likeness (QED) is 0.769. The molecule has 1 saturated heterocycles. The standard InChI is InChI=1S/C16H19Cl2NO/c17-12-5-6-14(18)13(9-12)16(20)10-19-8-7-11-3-1-2-4-15(11)19/h5-6,9,11,15H,1-4,7-8,10H2. The Morgan fingerprint density at radius 2 is 2.00 bits per heavy atom. The van der Waals surface area contributed by atoms with Gasteiger partial charge in [-0.05, 0) is 49.9 Å². The van der Waals surface area contributed by atoms with Crippen LogP contribution in [0.5, 0.6) is 0 Å². The van der Waals surface area contributed by atoms with E-state index in [9.17, 15) is 4.79 Å². The fraction of sp³-hybridized carbons (Fsp3) is 0.562. The Balaban J connectivity index is 1.71. The molecule has 0 N–H and O–H groups in total. The molecule has 2 atom stereocenters. The first-order chi connectivity index (χ1) is 9.65. The van der Waals surface area contributed by atoms with Gasteiger partial charge >= 0.3 is 0 Å². The van der Waals surface area contributed by atoms with Crippen LogP contribution >= 0.6 is 23.2 Å². The molecule has 2 fully saturated rings. The van der Waals surface area contributed by atoms with E-state index in [1.54, 1.807) is 18.2 Å².